The molecule has 1 fully saturated rings. The summed E-state index contributed by atoms with van der Waals surface area (Å²) < 4.78 is 22.9. The molecular weight excluding hydrogens is 260 g/mol. The monoisotopic (exact) mass is 274 g/mol. The van der Waals surface area contributed by atoms with E-state index in [2.05, 4.69) is 9.88 Å². The van der Waals surface area contributed by atoms with Gasteiger partial charge >= 0.3 is 0 Å². The molecule has 1 aliphatic heterocycles. The molecule has 94 valence electrons. The second-order valence-electron chi connectivity index (χ2n) is 4.39. The van der Waals surface area contributed by atoms with Crippen LogP contribution in [0.4, 0.5) is 0 Å². The fourth-order valence-electron chi connectivity index (χ4n) is 2.01. The Morgan fingerprint density at radius 3 is 2.94 bits per heavy atom. The zero-order valence-electron chi connectivity index (χ0n) is 9.63. The molecule has 1 saturated heterocycles. The van der Waals surface area contributed by atoms with E-state index in [9.17, 15) is 8.42 Å². The van der Waals surface area contributed by atoms with E-state index in [1.807, 2.05) is 19.1 Å². The Labute approximate surface area is 107 Å². The van der Waals surface area contributed by atoms with Crippen molar-refractivity contribution in [3.8, 4) is 0 Å². The third-order valence-corrected chi connectivity index (χ3v) is 4.95. The first-order chi connectivity index (χ1) is 7.96. The second-order valence-corrected chi connectivity index (χ2v) is 7.00. The lowest BCUT2D eigenvalue weighted by molar-refractivity contribution is 0.215. The Morgan fingerprint density at radius 2 is 2.29 bits per heavy atom. The first-order valence-corrected chi connectivity index (χ1v) is 7.72. The summed E-state index contributed by atoms with van der Waals surface area (Å²) in [6, 6.07) is 5.53. The molecule has 1 aliphatic rings. The highest BCUT2D eigenvalue weighted by Gasteiger charge is 2.28. The lowest BCUT2D eigenvalue weighted by Crippen LogP contribution is -2.46. The highest BCUT2D eigenvalue weighted by Crippen LogP contribution is 2.15. The van der Waals surface area contributed by atoms with Gasteiger partial charge in [0.05, 0.1) is 17.2 Å². The third kappa shape index (κ3) is 3.40. The summed E-state index contributed by atoms with van der Waals surface area (Å²) >= 11 is 5.82. The Kier molecular flexibility index (Phi) is 3.70. The van der Waals surface area contributed by atoms with Crippen LogP contribution >= 0.6 is 11.6 Å². The largest absolute Gasteiger partial charge is 0.293 e. The predicted octanol–water partition coefficient (Wildman–Crippen LogP) is 1.35. The molecule has 6 heteroatoms. The maximum atomic E-state index is 11.4. The molecular formula is C11H15ClN2O2S. The maximum absolute atomic E-state index is 11.4. The van der Waals surface area contributed by atoms with Gasteiger partial charge < -0.3 is 0 Å². The van der Waals surface area contributed by atoms with Crippen molar-refractivity contribution < 1.29 is 8.42 Å². The summed E-state index contributed by atoms with van der Waals surface area (Å²) in [6.45, 7) is 3.15. The number of pyridine rings is 1. The Morgan fingerprint density at radius 1 is 1.53 bits per heavy atom. The third-order valence-electron chi connectivity index (χ3n) is 2.95. The molecule has 1 aromatic rings. The summed E-state index contributed by atoms with van der Waals surface area (Å²) in [6.07, 6.45) is 0. The van der Waals surface area contributed by atoms with Gasteiger partial charge in [0, 0.05) is 19.1 Å². The Balaban J connectivity index is 2.05. The van der Waals surface area contributed by atoms with Crippen LogP contribution in [0, 0.1) is 0 Å². The van der Waals surface area contributed by atoms with E-state index in [1.54, 1.807) is 6.07 Å². The zero-order chi connectivity index (χ0) is 12.5. The van der Waals surface area contributed by atoms with Crippen LogP contribution in [0.25, 0.3) is 0 Å². The molecule has 2 rings (SSSR count). The van der Waals surface area contributed by atoms with Gasteiger partial charge in [0.15, 0.2) is 9.84 Å². The lowest BCUT2D eigenvalue weighted by atomic mass is 10.2. The lowest BCUT2D eigenvalue weighted by Gasteiger charge is -2.32. The Hall–Kier alpha value is -0.650. The van der Waals surface area contributed by atoms with Crippen LogP contribution in [0.2, 0.25) is 5.15 Å². The molecule has 1 unspecified atom stereocenters. The smallest absolute Gasteiger partial charge is 0.153 e. The van der Waals surface area contributed by atoms with E-state index in [1.165, 1.54) is 0 Å². The van der Waals surface area contributed by atoms with Gasteiger partial charge in [-0.1, -0.05) is 17.7 Å². The number of hydrogen-bond donors (Lipinski definition) is 0. The average molecular weight is 275 g/mol. The van der Waals surface area contributed by atoms with Gasteiger partial charge in [-0.05, 0) is 19.1 Å². The summed E-state index contributed by atoms with van der Waals surface area (Å²) in [5.41, 5.74) is 0.878. The zero-order valence-corrected chi connectivity index (χ0v) is 11.2. The highest BCUT2D eigenvalue weighted by molar-refractivity contribution is 7.91. The molecule has 4 nitrogen and oxygen atoms in total. The fourth-order valence-corrected chi connectivity index (χ4v) is 3.82. The molecule has 0 amide bonds. The average Bonchev–Trinajstić information content (AvgIpc) is 2.22. The van der Waals surface area contributed by atoms with Crippen molar-refractivity contribution >= 4 is 21.4 Å². The van der Waals surface area contributed by atoms with E-state index in [0.717, 1.165) is 5.69 Å². The number of aromatic nitrogens is 1. The van der Waals surface area contributed by atoms with Crippen LogP contribution < -0.4 is 0 Å². The van der Waals surface area contributed by atoms with Crippen LogP contribution in [0.5, 0.6) is 0 Å². The minimum Gasteiger partial charge on any atom is -0.293 e. The SMILES string of the molecule is CC1CS(=O)(=O)CCN1Cc1cccc(Cl)n1. The summed E-state index contributed by atoms with van der Waals surface area (Å²) in [5, 5.41) is 0.472. The molecule has 0 aliphatic carbocycles. The van der Waals surface area contributed by atoms with Crippen molar-refractivity contribution in [3.63, 3.8) is 0 Å². The van der Waals surface area contributed by atoms with Gasteiger partial charge in [-0.25, -0.2) is 13.4 Å². The molecule has 0 spiro atoms. The standard InChI is InChI=1S/C11H15ClN2O2S/c1-9-8-17(15,16)6-5-14(9)7-10-3-2-4-11(12)13-10/h2-4,9H,5-8H2,1H3. The molecule has 2 heterocycles. The molecule has 17 heavy (non-hydrogen) atoms. The number of nitrogens with zero attached hydrogens (tertiary/aromatic N) is 2. The van der Waals surface area contributed by atoms with Crippen LogP contribution in [0.15, 0.2) is 18.2 Å². The fraction of sp³-hybridized carbons (Fsp3) is 0.545. The minimum atomic E-state index is -2.85. The van der Waals surface area contributed by atoms with Crippen molar-refractivity contribution in [1.82, 2.24) is 9.88 Å². The van der Waals surface area contributed by atoms with Crippen LogP contribution in [-0.2, 0) is 16.4 Å². The topological polar surface area (TPSA) is 50.3 Å². The van der Waals surface area contributed by atoms with Crippen molar-refractivity contribution in [2.75, 3.05) is 18.1 Å². The van der Waals surface area contributed by atoms with Crippen molar-refractivity contribution in [3.05, 3.63) is 29.0 Å². The van der Waals surface area contributed by atoms with Gasteiger partial charge in [0.1, 0.15) is 5.15 Å². The molecule has 0 saturated carbocycles. The van der Waals surface area contributed by atoms with Gasteiger partial charge in [-0.15, -0.1) is 0 Å². The van der Waals surface area contributed by atoms with Gasteiger partial charge in [-0.3, -0.25) is 4.90 Å². The molecule has 0 N–H and O–H groups in total. The van der Waals surface area contributed by atoms with Crippen molar-refractivity contribution in [2.45, 2.75) is 19.5 Å². The van der Waals surface area contributed by atoms with Crippen LogP contribution in [-0.4, -0.2) is 42.4 Å². The van der Waals surface area contributed by atoms with Gasteiger partial charge in [-0.2, -0.15) is 0 Å². The van der Waals surface area contributed by atoms with Crippen molar-refractivity contribution in [1.29, 1.82) is 0 Å². The first kappa shape index (κ1) is 12.8. The van der Waals surface area contributed by atoms with E-state index >= 15 is 0 Å². The van der Waals surface area contributed by atoms with Crippen molar-refractivity contribution in [2.24, 2.45) is 0 Å². The van der Waals surface area contributed by atoms with E-state index < -0.39 is 9.84 Å². The van der Waals surface area contributed by atoms with E-state index in [0.29, 0.717) is 18.2 Å². The summed E-state index contributed by atoms with van der Waals surface area (Å²) in [4.78, 5) is 6.34. The predicted molar refractivity (Wildman–Crippen MR) is 67.8 cm³/mol. The maximum Gasteiger partial charge on any atom is 0.153 e. The Bertz CT molecular complexity index is 504. The second kappa shape index (κ2) is 4.92. The first-order valence-electron chi connectivity index (χ1n) is 5.52. The van der Waals surface area contributed by atoms with Crippen LogP contribution in [0.1, 0.15) is 12.6 Å². The molecule has 0 radical (unpaired) electrons. The number of sulfone groups is 1. The molecule has 0 aromatic carbocycles. The summed E-state index contributed by atoms with van der Waals surface area (Å²) in [5.74, 6) is 0.464. The summed E-state index contributed by atoms with van der Waals surface area (Å²) in [7, 11) is -2.85. The molecule has 0 bridgehead atoms. The van der Waals surface area contributed by atoms with Crippen LogP contribution in [0.3, 0.4) is 0 Å². The quantitative estimate of drug-likeness (QED) is 0.764. The van der Waals surface area contributed by atoms with Gasteiger partial charge in [0.25, 0.3) is 0 Å². The minimum absolute atomic E-state index is 0.0366. The van der Waals surface area contributed by atoms with Gasteiger partial charge in [0.2, 0.25) is 0 Å². The number of hydrogen-bond acceptors (Lipinski definition) is 4. The normalized spacial score (nSPS) is 24.7. The van der Waals surface area contributed by atoms with E-state index in [4.69, 9.17) is 11.6 Å². The number of rotatable bonds is 2. The number of halogens is 1. The highest BCUT2D eigenvalue weighted by atomic mass is 35.5. The molecule has 1 atom stereocenters. The van der Waals surface area contributed by atoms with E-state index in [-0.39, 0.29) is 17.5 Å². The molecule has 1 aromatic heterocycles.